The predicted octanol–water partition coefficient (Wildman–Crippen LogP) is 1.76. The molecule has 0 fully saturated rings. The van der Waals surface area contributed by atoms with Crippen LogP contribution in [0.5, 0.6) is 5.75 Å². The molecular weight excluding hydrogens is 237 g/mol. The minimum absolute atomic E-state index is 0.0873. The van der Waals surface area contributed by atoms with Crippen LogP contribution in [0.25, 0.3) is 10.9 Å². The van der Waals surface area contributed by atoms with Crippen LogP contribution in [0, 0.1) is 0 Å². The predicted molar refractivity (Wildman–Crippen MR) is 53.5 cm³/mol. The summed E-state index contributed by atoms with van der Waals surface area (Å²) in [5, 5.41) is 0.675. The molecule has 0 atom stereocenters. The molecule has 0 saturated carbocycles. The maximum Gasteiger partial charge on any atom is 0.480 e. The van der Waals surface area contributed by atoms with E-state index in [9.17, 15) is 12.9 Å². The van der Waals surface area contributed by atoms with E-state index in [0.717, 1.165) is 0 Å². The first-order chi connectivity index (χ1) is 7.62. The van der Waals surface area contributed by atoms with Crippen LogP contribution >= 0.6 is 0 Å². The van der Waals surface area contributed by atoms with Crippen molar-refractivity contribution in [2.75, 3.05) is 0 Å². The van der Waals surface area contributed by atoms with Crippen LogP contribution in [0.3, 0.4) is 0 Å². The Balaban J connectivity index is 2.53. The molecule has 16 heavy (non-hydrogen) atoms. The second-order valence-corrected chi connectivity index (χ2v) is 3.99. The van der Waals surface area contributed by atoms with Gasteiger partial charge in [0.2, 0.25) is 0 Å². The van der Waals surface area contributed by atoms with Crippen LogP contribution in [0.4, 0.5) is 4.53 Å². The summed E-state index contributed by atoms with van der Waals surface area (Å²) in [5.41, 5.74) is 0.311. The average molecular weight is 243 g/mol. The fourth-order valence-corrected chi connectivity index (χ4v) is 1.65. The third kappa shape index (κ3) is 2.10. The molecule has 5 nitrogen and oxygen atoms in total. The highest BCUT2D eigenvalue weighted by Gasteiger charge is 2.16. The summed E-state index contributed by atoms with van der Waals surface area (Å²) < 4.78 is 40.2. The van der Waals surface area contributed by atoms with Crippen molar-refractivity contribution < 1.29 is 21.5 Å². The first kappa shape index (κ1) is 10.8. The molecule has 2 rings (SSSR count). The quantitative estimate of drug-likeness (QED) is 0.821. The highest BCUT2D eigenvalue weighted by atomic mass is 32.3. The first-order valence-corrected chi connectivity index (χ1v) is 5.54. The number of halogens is 1. The third-order valence-electron chi connectivity index (χ3n) is 1.86. The fourth-order valence-electron chi connectivity index (χ4n) is 1.27. The summed E-state index contributed by atoms with van der Waals surface area (Å²) in [6.07, 6.45) is 1.47. The Morgan fingerprint density at radius 2 is 1.94 bits per heavy atom. The van der Waals surface area contributed by atoms with Crippen molar-refractivity contribution in [3.8, 4) is 5.75 Å². The van der Waals surface area contributed by atoms with Crippen LogP contribution in [-0.2, 0) is 14.8 Å². The van der Waals surface area contributed by atoms with Crippen LogP contribution in [0.2, 0.25) is 0 Å². The Morgan fingerprint density at radius 3 is 2.69 bits per heavy atom. The van der Waals surface area contributed by atoms with Gasteiger partial charge in [-0.15, -0.1) is 0 Å². The van der Waals surface area contributed by atoms with Gasteiger partial charge in [0.05, 0.1) is 0 Å². The fraction of sp³-hybridized carbons (Fsp3) is 0. The molecule has 7 heteroatoms. The van der Waals surface area contributed by atoms with Gasteiger partial charge in [-0.3, -0.25) is 4.98 Å². The zero-order chi connectivity index (χ0) is 11.6. The van der Waals surface area contributed by atoms with Gasteiger partial charge >= 0.3 is 10.4 Å². The van der Waals surface area contributed by atoms with E-state index in [2.05, 4.69) is 13.6 Å². The lowest BCUT2D eigenvalue weighted by molar-refractivity contribution is -0.00938. The molecule has 0 bridgehead atoms. The van der Waals surface area contributed by atoms with Crippen LogP contribution in [0.15, 0.2) is 36.5 Å². The van der Waals surface area contributed by atoms with Crippen molar-refractivity contribution >= 4 is 21.3 Å². The number of hydrogen-bond acceptors (Lipinski definition) is 5. The van der Waals surface area contributed by atoms with E-state index >= 15 is 0 Å². The van der Waals surface area contributed by atoms with Gasteiger partial charge in [-0.25, -0.2) is 0 Å². The summed E-state index contributed by atoms with van der Waals surface area (Å²) in [6.45, 7) is 0. The Kier molecular flexibility index (Phi) is 2.71. The molecule has 84 valence electrons. The summed E-state index contributed by atoms with van der Waals surface area (Å²) in [7, 11) is -4.67. The molecule has 1 aromatic carbocycles. The Hall–Kier alpha value is -1.73. The Labute approximate surface area is 90.7 Å². The molecule has 1 aromatic heterocycles. The van der Waals surface area contributed by atoms with Crippen molar-refractivity contribution in [1.29, 1.82) is 0 Å². The molecule has 0 unspecified atom stereocenters. The largest absolute Gasteiger partial charge is 0.480 e. The van der Waals surface area contributed by atoms with Crippen molar-refractivity contribution in [2.24, 2.45) is 0 Å². The number of pyridine rings is 1. The van der Waals surface area contributed by atoms with Gasteiger partial charge in [-0.05, 0) is 21.0 Å². The molecule has 0 spiro atoms. The second kappa shape index (κ2) is 4.03. The summed E-state index contributed by atoms with van der Waals surface area (Å²) >= 11 is 0. The monoisotopic (exact) mass is 243 g/mol. The molecule has 0 aliphatic rings. The molecular formula is C9H6FNO4S. The zero-order valence-electron chi connectivity index (χ0n) is 7.83. The third-order valence-corrected chi connectivity index (χ3v) is 2.40. The number of aromatic nitrogens is 1. The average Bonchev–Trinajstić information content (AvgIpc) is 2.29. The lowest BCUT2D eigenvalue weighted by atomic mass is 10.2. The van der Waals surface area contributed by atoms with E-state index in [1.54, 1.807) is 24.3 Å². The second-order valence-electron chi connectivity index (χ2n) is 2.89. The smallest absolute Gasteiger partial charge is 0.358 e. The molecule has 0 saturated heterocycles. The van der Waals surface area contributed by atoms with Gasteiger partial charge in [0, 0.05) is 11.6 Å². The van der Waals surface area contributed by atoms with Crippen molar-refractivity contribution in [2.45, 2.75) is 0 Å². The van der Waals surface area contributed by atoms with Gasteiger partial charge in [0.25, 0.3) is 0 Å². The lowest BCUT2D eigenvalue weighted by Gasteiger charge is -2.04. The highest BCUT2D eigenvalue weighted by Crippen LogP contribution is 2.24. The summed E-state index contributed by atoms with van der Waals surface area (Å²) in [4.78, 5) is 3.93. The Bertz CT molecular complexity index is 608. The van der Waals surface area contributed by atoms with Crippen LogP contribution in [-0.4, -0.2) is 13.4 Å². The zero-order valence-corrected chi connectivity index (χ0v) is 8.65. The van der Waals surface area contributed by atoms with Gasteiger partial charge in [0.1, 0.15) is 5.52 Å². The number of nitrogens with zero attached hydrogens (tertiary/aromatic N) is 1. The van der Waals surface area contributed by atoms with Gasteiger partial charge in [-0.1, -0.05) is 18.2 Å². The van der Waals surface area contributed by atoms with Crippen LogP contribution < -0.4 is 4.18 Å². The summed E-state index contributed by atoms with van der Waals surface area (Å²) in [6, 6.07) is 8.04. The van der Waals surface area contributed by atoms with E-state index in [-0.39, 0.29) is 5.75 Å². The summed E-state index contributed by atoms with van der Waals surface area (Å²) in [5.74, 6) is -0.0873. The SMILES string of the molecule is O=S(=O)(OF)Oc1cccc2cccnc12. The Morgan fingerprint density at radius 1 is 1.19 bits per heavy atom. The lowest BCUT2D eigenvalue weighted by Crippen LogP contribution is -2.09. The minimum Gasteiger partial charge on any atom is -0.358 e. The topological polar surface area (TPSA) is 65.5 Å². The number of rotatable bonds is 3. The number of para-hydroxylation sites is 1. The number of fused-ring (bicyclic) bond motifs is 1. The molecule has 0 aliphatic carbocycles. The van der Waals surface area contributed by atoms with E-state index in [4.69, 9.17) is 0 Å². The molecule has 1 heterocycles. The maximum atomic E-state index is 11.6. The first-order valence-electron chi connectivity index (χ1n) is 4.21. The normalized spacial score (nSPS) is 11.6. The molecule has 0 N–H and O–H groups in total. The molecule has 2 aromatic rings. The molecule has 0 aliphatic heterocycles. The van der Waals surface area contributed by atoms with E-state index in [1.807, 2.05) is 0 Å². The van der Waals surface area contributed by atoms with Gasteiger partial charge in [-0.2, -0.15) is 8.42 Å². The van der Waals surface area contributed by atoms with Crippen LogP contribution in [0.1, 0.15) is 0 Å². The number of benzene rings is 1. The van der Waals surface area contributed by atoms with E-state index in [1.165, 1.54) is 12.3 Å². The van der Waals surface area contributed by atoms with Crippen molar-refractivity contribution in [3.63, 3.8) is 0 Å². The van der Waals surface area contributed by atoms with E-state index < -0.39 is 10.4 Å². The highest BCUT2D eigenvalue weighted by molar-refractivity contribution is 7.82. The maximum absolute atomic E-state index is 11.6. The van der Waals surface area contributed by atoms with Crippen molar-refractivity contribution in [1.82, 2.24) is 4.98 Å². The number of hydrogen-bond donors (Lipinski definition) is 0. The van der Waals surface area contributed by atoms with Crippen molar-refractivity contribution in [3.05, 3.63) is 36.5 Å². The van der Waals surface area contributed by atoms with E-state index in [0.29, 0.717) is 10.9 Å². The minimum atomic E-state index is -4.67. The van der Waals surface area contributed by atoms with Gasteiger partial charge in [0.15, 0.2) is 5.75 Å². The molecule has 0 amide bonds. The standard InChI is InChI=1S/C9H6FNO4S/c10-15-16(12,13)14-8-5-1-3-7-4-2-6-11-9(7)8/h1-6H. The van der Waals surface area contributed by atoms with Gasteiger partial charge < -0.3 is 4.18 Å². The molecule has 0 radical (unpaired) electrons.